The molecule has 1 aliphatic rings. The number of carboxylic acid groups (broad SMARTS) is 2. The molecule has 0 spiro atoms. The molecule has 0 fully saturated rings. The SMILES string of the molecule is CN1CCc2c(n(CC(O)CNc3ccc(Cl)cc3)c3ccccc23)C1=O.O=C(O)C(=O)O. The minimum atomic E-state index is -1.82. The second-order valence-electron chi connectivity index (χ2n) is 7.58. The van der Waals surface area contributed by atoms with Gasteiger partial charge in [0, 0.05) is 41.8 Å². The molecule has 0 saturated heterocycles. The van der Waals surface area contributed by atoms with Crippen molar-refractivity contribution >= 4 is 46.0 Å². The molecule has 0 bridgehead atoms. The predicted molar refractivity (Wildman–Crippen MR) is 124 cm³/mol. The van der Waals surface area contributed by atoms with Gasteiger partial charge in [0.05, 0.1) is 12.6 Å². The predicted octanol–water partition coefficient (Wildman–Crippen LogP) is 2.55. The molecule has 4 N–H and O–H groups in total. The molecule has 1 unspecified atom stereocenters. The van der Waals surface area contributed by atoms with E-state index in [1.807, 2.05) is 41.9 Å². The highest BCUT2D eigenvalue weighted by atomic mass is 35.5. The summed E-state index contributed by atoms with van der Waals surface area (Å²) in [6.07, 6.45) is 0.199. The van der Waals surface area contributed by atoms with Crippen LogP contribution in [0, 0.1) is 0 Å². The van der Waals surface area contributed by atoms with Gasteiger partial charge in [-0.1, -0.05) is 29.8 Å². The Bertz CT molecular complexity index is 1160. The standard InChI is InChI=1S/C21H22ClN3O2.C2H2O4/c1-24-11-10-18-17-4-2-3-5-19(17)25(20(18)21(24)27)13-16(26)12-23-15-8-6-14(22)7-9-15;3-1(4)2(5)6/h2-9,16,23,26H,10-13H2,1H3;(H,3,4)(H,5,6). The van der Waals surface area contributed by atoms with Crippen LogP contribution in [0.2, 0.25) is 5.02 Å². The zero-order valence-corrected chi connectivity index (χ0v) is 18.6. The van der Waals surface area contributed by atoms with Crippen LogP contribution < -0.4 is 5.32 Å². The Morgan fingerprint density at radius 1 is 1.09 bits per heavy atom. The highest BCUT2D eigenvalue weighted by molar-refractivity contribution is 6.30. The lowest BCUT2D eigenvalue weighted by atomic mass is 10.0. The van der Waals surface area contributed by atoms with E-state index in [-0.39, 0.29) is 5.91 Å². The number of fused-ring (bicyclic) bond motifs is 3. The van der Waals surface area contributed by atoms with E-state index in [0.29, 0.717) is 23.8 Å². The van der Waals surface area contributed by atoms with Gasteiger partial charge in [0.2, 0.25) is 0 Å². The van der Waals surface area contributed by atoms with E-state index >= 15 is 0 Å². The fourth-order valence-electron chi connectivity index (χ4n) is 3.70. The largest absolute Gasteiger partial charge is 0.473 e. The number of nitrogens with one attached hydrogen (secondary N) is 1. The van der Waals surface area contributed by atoms with Crippen LogP contribution in [-0.4, -0.2) is 68.9 Å². The highest BCUT2D eigenvalue weighted by Gasteiger charge is 2.29. The van der Waals surface area contributed by atoms with E-state index < -0.39 is 18.0 Å². The number of aromatic nitrogens is 1. The number of aliphatic carboxylic acids is 2. The number of hydrogen-bond acceptors (Lipinski definition) is 5. The fraction of sp³-hybridized carbons (Fsp3) is 0.261. The summed E-state index contributed by atoms with van der Waals surface area (Å²) in [6, 6.07) is 15.4. The minimum absolute atomic E-state index is 0.0188. The van der Waals surface area contributed by atoms with Crippen LogP contribution in [0.3, 0.4) is 0 Å². The molecule has 0 saturated carbocycles. The van der Waals surface area contributed by atoms with Crippen molar-refractivity contribution in [3.8, 4) is 0 Å². The Hall–Kier alpha value is -3.56. The van der Waals surface area contributed by atoms with Crippen LogP contribution in [0.4, 0.5) is 5.69 Å². The van der Waals surface area contributed by atoms with Crippen molar-refractivity contribution in [2.75, 3.05) is 25.5 Å². The van der Waals surface area contributed by atoms with Gasteiger partial charge in [0.1, 0.15) is 5.69 Å². The molecular weight excluding hydrogens is 450 g/mol. The van der Waals surface area contributed by atoms with Gasteiger partial charge in [-0.25, -0.2) is 9.59 Å². The van der Waals surface area contributed by atoms with Crippen molar-refractivity contribution in [2.24, 2.45) is 0 Å². The number of amides is 1. The number of likely N-dealkylation sites (N-methyl/N-ethyl adjacent to an activating group) is 1. The molecule has 0 radical (unpaired) electrons. The number of halogens is 1. The minimum Gasteiger partial charge on any atom is -0.473 e. The maximum Gasteiger partial charge on any atom is 0.414 e. The summed E-state index contributed by atoms with van der Waals surface area (Å²) in [5.41, 5.74) is 3.69. The topological polar surface area (TPSA) is 132 Å². The van der Waals surface area contributed by atoms with Gasteiger partial charge in [-0.15, -0.1) is 0 Å². The van der Waals surface area contributed by atoms with Crippen molar-refractivity contribution in [1.82, 2.24) is 9.47 Å². The number of carboxylic acids is 2. The summed E-state index contributed by atoms with van der Waals surface area (Å²) < 4.78 is 1.97. The molecule has 9 nitrogen and oxygen atoms in total. The van der Waals surface area contributed by atoms with E-state index in [1.165, 1.54) is 0 Å². The summed E-state index contributed by atoms with van der Waals surface area (Å²) in [5, 5.41) is 30.4. The second-order valence-corrected chi connectivity index (χ2v) is 8.02. The first-order chi connectivity index (χ1) is 15.7. The average molecular weight is 474 g/mol. The van der Waals surface area contributed by atoms with E-state index in [4.69, 9.17) is 31.4 Å². The molecular formula is C23H24ClN3O6. The van der Waals surface area contributed by atoms with Crippen LogP contribution in [0.1, 0.15) is 16.1 Å². The van der Waals surface area contributed by atoms with Crippen molar-refractivity contribution in [3.05, 3.63) is 64.8 Å². The molecule has 0 aliphatic carbocycles. The third kappa shape index (κ3) is 5.63. The maximum absolute atomic E-state index is 12.8. The smallest absolute Gasteiger partial charge is 0.414 e. The number of anilines is 1. The fourth-order valence-corrected chi connectivity index (χ4v) is 3.83. The van der Waals surface area contributed by atoms with Crippen molar-refractivity contribution in [1.29, 1.82) is 0 Å². The summed E-state index contributed by atoms with van der Waals surface area (Å²) >= 11 is 5.90. The number of aliphatic hydroxyl groups excluding tert-OH is 1. The molecule has 2 aromatic carbocycles. The number of nitrogens with zero attached hydrogens (tertiary/aromatic N) is 2. The molecule has 3 aromatic rings. The van der Waals surface area contributed by atoms with E-state index in [1.54, 1.807) is 17.0 Å². The molecule has 1 aromatic heterocycles. The quantitative estimate of drug-likeness (QED) is 0.418. The molecule has 1 amide bonds. The van der Waals surface area contributed by atoms with E-state index in [2.05, 4.69) is 11.4 Å². The molecule has 2 heterocycles. The van der Waals surface area contributed by atoms with Crippen molar-refractivity contribution < 1.29 is 29.7 Å². The average Bonchev–Trinajstić information content (AvgIpc) is 3.10. The number of hydrogen-bond donors (Lipinski definition) is 4. The van der Waals surface area contributed by atoms with Gasteiger partial charge < -0.3 is 30.1 Å². The molecule has 33 heavy (non-hydrogen) atoms. The maximum atomic E-state index is 12.8. The van der Waals surface area contributed by atoms with Crippen LogP contribution >= 0.6 is 11.6 Å². The first-order valence-electron chi connectivity index (χ1n) is 10.2. The van der Waals surface area contributed by atoms with Gasteiger partial charge >= 0.3 is 11.9 Å². The van der Waals surface area contributed by atoms with Gasteiger partial charge in [-0.3, -0.25) is 4.79 Å². The van der Waals surface area contributed by atoms with Crippen LogP contribution in [0.5, 0.6) is 0 Å². The van der Waals surface area contributed by atoms with Crippen LogP contribution in [-0.2, 0) is 22.6 Å². The Labute approximate surface area is 194 Å². The number of rotatable bonds is 5. The Morgan fingerprint density at radius 3 is 2.36 bits per heavy atom. The summed E-state index contributed by atoms with van der Waals surface area (Å²) in [4.78, 5) is 32.7. The molecule has 4 rings (SSSR count). The number of carbonyl (C=O) groups is 3. The number of para-hydroxylation sites is 1. The third-order valence-electron chi connectivity index (χ3n) is 5.28. The second kappa shape index (κ2) is 10.4. The summed E-state index contributed by atoms with van der Waals surface area (Å²) in [5.74, 6) is -3.63. The first-order valence-corrected chi connectivity index (χ1v) is 10.6. The lowest BCUT2D eigenvalue weighted by Gasteiger charge is -2.25. The molecule has 10 heteroatoms. The van der Waals surface area contributed by atoms with Crippen LogP contribution in [0.15, 0.2) is 48.5 Å². The molecule has 174 valence electrons. The van der Waals surface area contributed by atoms with E-state index in [9.17, 15) is 9.90 Å². The first kappa shape index (κ1) is 24.1. The van der Waals surface area contributed by atoms with Gasteiger partial charge in [0.25, 0.3) is 5.91 Å². The monoisotopic (exact) mass is 473 g/mol. The Balaban J connectivity index is 0.000000454. The summed E-state index contributed by atoms with van der Waals surface area (Å²) in [7, 11) is 1.83. The van der Waals surface area contributed by atoms with Gasteiger partial charge in [0.15, 0.2) is 0 Å². The lowest BCUT2D eigenvalue weighted by Crippen LogP contribution is -2.36. The zero-order valence-electron chi connectivity index (χ0n) is 17.9. The Kier molecular flexibility index (Phi) is 7.57. The number of aliphatic hydroxyl groups is 1. The van der Waals surface area contributed by atoms with E-state index in [0.717, 1.165) is 35.1 Å². The summed E-state index contributed by atoms with van der Waals surface area (Å²) in [6.45, 7) is 1.46. The molecule has 1 aliphatic heterocycles. The number of carbonyl (C=O) groups excluding carboxylic acids is 1. The molecule has 1 atom stereocenters. The highest BCUT2D eigenvalue weighted by Crippen LogP contribution is 2.30. The normalized spacial score (nSPS) is 13.7. The number of benzene rings is 2. The lowest BCUT2D eigenvalue weighted by molar-refractivity contribution is -0.159. The van der Waals surface area contributed by atoms with Crippen LogP contribution in [0.25, 0.3) is 10.9 Å². The third-order valence-corrected chi connectivity index (χ3v) is 5.54. The van der Waals surface area contributed by atoms with Crippen molar-refractivity contribution in [3.63, 3.8) is 0 Å². The zero-order chi connectivity index (χ0) is 24.1. The Morgan fingerprint density at radius 2 is 1.73 bits per heavy atom. The van der Waals surface area contributed by atoms with Gasteiger partial charge in [-0.2, -0.15) is 0 Å². The van der Waals surface area contributed by atoms with Crippen molar-refractivity contribution in [2.45, 2.75) is 19.1 Å². The van der Waals surface area contributed by atoms with Gasteiger partial charge in [-0.05, 0) is 42.3 Å².